The van der Waals surface area contributed by atoms with Crippen LogP contribution in [-0.2, 0) is 0 Å². The van der Waals surface area contributed by atoms with Crippen LogP contribution in [0.25, 0.3) is 75.4 Å². The van der Waals surface area contributed by atoms with E-state index in [9.17, 15) is 9.59 Å². The number of hydrogen-bond acceptors (Lipinski definition) is 2. The third-order valence-electron chi connectivity index (χ3n) is 7.82. The Hall–Kier alpha value is -2.64. The fourth-order valence-corrected chi connectivity index (χ4v) is 8.74. The molecule has 0 saturated heterocycles. The molecule has 38 heavy (non-hydrogen) atoms. The Labute approximate surface area is 248 Å². The van der Waals surface area contributed by atoms with Gasteiger partial charge in [-0.1, -0.05) is 66.7 Å². The van der Waals surface area contributed by atoms with Crippen molar-refractivity contribution in [3.8, 4) is 0 Å². The summed E-state index contributed by atoms with van der Waals surface area (Å²) in [6.45, 7) is 0. The van der Waals surface area contributed by atoms with Crippen molar-refractivity contribution in [3.63, 3.8) is 0 Å². The van der Waals surface area contributed by atoms with E-state index in [1.807, 2.05) is 6.07 Å². The van der Waals surface area contributed by atoms with Crippen molar-refractivity contribution in [1.29, 1.82) is 0 Å². The molecule has 0 aromatic heterocycles. The van der Waals surface area contributed by atoms with E-state index in [-0.39, 0.29) is 4.47 Å². The molecular weight excluding hydrogens is 736 g/mol. The molecule has 0 amide bonds. The lowest BCUT2D eigenvalue weighted by Gasteiger charge is -2.18. The van der Waals surface area contributed by atoms with Crippen LogP contribution in [0.1, 0.15) is 0 Å². The first kappa shape index (κ1) is 23.3. The smallest absolute Gasteiger partial charge is 0.241 e. The summed E-state index contributed by atoms with van der Waals surface area (Å²) in [5, 5.41) is 14.6. The maximum Gasteiger partial charge on any atom is 0.241 e. The normalized spacial score (nSPS) is 12.4. The van der Waals surface area contributed by atoms with Gasteiger partial charge < -0.3 is 0 Å². The van der Waals surface area contributed by atoms with Crippen molar-refractivity contribution < 1.29 is 0 Å². The Morgan fingerprint density at radius 3 is 1.63 bits per heavy atom. The first-order chi connectivity index (χ1) is 18.4. The number of fused-ring (bicyclic) bond motifs is 8. The lowest BCUT2D eigenvalue weighted by molar-refractivity contribution is 1.47. The molecule has 2 nitrogen and oxygen atoms in total. The summed E-state index contributed by atoms with van der Waals surface area (Å²) in [6.07, 6.45) is 0. The molecule has 0 bridgehead atoms. The van der Waals surface area contributed by atoms with Crippen LogP contribution < -0.4 is 10.9 Å². The molecule has 0 unspecified atom stereocenters. The van der Waals surface area contributed by atoms with Gasteiger partial charge in [-0.3, -0.25) is 9.59 Å². The molecule has 6 heteroatoms. The monoisotopic (exact) mass is 744 g/mol. The second kappa shape index (κ2) is 7.95. The molecule has 8 aromatic rings. The second-order valence-electron chi connectivity index (χ2n) is 9.61. The van der Waals surface area contributed by atoms with Crippen LogP contribution in [0.3, 0.4) is 0 Å². The fourth-order valence-electron chi connectivity index (χ4n) is 6.30. The molecule has 8 rings (SSSR count). The first-order valence-electron chi connectivity index (χ1n) is 11.9. The molecular formula is C32H12Br4O2. The van der Waals surface area contributed by atoms with Gasteiger partial charge in [-0.2, -0.15) is 0 Å². The molecule has 0 spiro atoms. The van der Waals surface area contributed by atoms with E-state index in [1.165, 1.54) is 37.7 Å². The van der Waals surface area contributed by atoms with Crippen LogP contribution in [0.2, 0.25) is 0 Å². The van der Waals surface area contributed by atoms with Crippen LogP contribution in [0, 0.1) is 0 Å². The van der Waals surface area contributed by atoms with Crippen molar-refractivity contribution in [2.24, 2.45) is 0 Å². The Morgan fingerprint density at radius 1 is 0.368 bits per heavy atom. The summed E-state index contributed by atoms with van der Waals surface area (Å²) in [6, 6.07) is 25.8. The lowest BCUT2D eigenvalue weighted by Crippen LogP contribution is -2.25. The highest BCUT2D eigenvalue weighted by molar-refractivity contribution is 9.13. The molecule has 0 heterocycles. The molecule has 0 fully saturated rings. The van der Waals surface area contributed by atoms with Crippen molar-refractivity contribution in [3.05, 3.63) is 111 Å². The van der Waals surface area contributed by atoms with E-state index >= 15 is 0 Å². The number of rotatable bonds is 0. The zero-order chi connectivity index (χ0) is 26.0. The summed E-state index contributed by atoms with van der Waals surface area (Å²) in [5.74, 6) is 0. The van der Waals surface area contributed by atoms with Crippen molar-refractivity contribution in [2.75, 3.05) is 0 Å². The van der Waals surface area contributed by atoms with Gasteiger partial charge in [-0.15, -0.1) is 0 Å². The van der Waals surface area contributed by atoms with Gasteiger partial charge in [0.05, 0.1) is 4.47 Å². The Morgan fingerprint density at radius 2 is 0.895 bits per heavy atom. The van der Waals surface area contributed by atoms with Crippen LogP contribution >= 0.6 is 63.7 Å². The Kier molecular flexibility index (Phi) is 4.87. The van der Waals surface area contributed by atoms with E-state index in [2.05, 4.69) is 130 Å². The van der Waals surface area contributed by atoms with E-state index in [0.717, 1.165) is 35.9 Å². The van der Waals surface area contributed by atoms with Crippen LogP contribution in [0.5, 0.6) is 0 Å². The topological polar surface area (TPSA) is 34.1 Å². The number of hydrogen-bond donors (Lipinski definition) is 0. The number of benzene rings is 8. The molecule has 0 atom stereocenters. The zero-order valence-corrected chi connectivity index (χ0v) is 25.6. The summed E-state index contributed by atoms with van der Waals surface area (Å²) < 4.78 is 2.37. The van der Waals surface area contributed by atoms with Gasteiger partial charge >= 0.3 is 0 Å². The average molecular weight is 748 g/mol. The fraction of sp³-hybridized carbons (Fsp3) is 0. The summed E-state index contributed by atoms with van der Waals surface area (Å²) in [5.41, 5.74) is -1.07. The van der Waals surface area contributed by atoms with Crippen molar-refractivity contribution in [2.45, 2.75) is 0 Å². The van der Waals surface area contributed by atoms with Gasteiger partial charge in [0, 0.05) is 29.6 Å². The number of halogens is 4. The Bertz CT molecular complexity index is 2480. The van der Waals surface area contributed by atoms with Gasteiger partial charge in [0.2, 0.25) is 10.9 Å². The van der Waals surface area contributed by atoms with Gasteiger partial charge in [-0.25, -0.2) is 0 Å². The van der Waals surface area contributed by atoms with Gasteiger partial charge in [0.25, 0.3) is 0 Å². The molecule has 0 aliphatic carbocycles. The minimum Gasteiger partial charge on any atom is -0.285 e. The average Bonchev–Trinajstić information content (AvgIpc) is 2.94. The van der Waals surface area contributed by atoms with Crippen LogP contribution in [0.4, 0.5) is 0 Å². The van der Waals surface area contributed by atoms with Gasteiger partial charge in [-0.05, 0) is 129 Å². The van der Waals surface area contributed by atoms with E-state index in [1.54, 1.807) is 0 Å². The zero-order valence-electron chi connectivity index (χ0n) is 19.3. The maximum atomic E-state index is 13.4. The molecule has 0 aliphatic heterocycles. The van der Waals surface area contributed by atoms with Crippen molar-refractivity contribution in [1.82, 2.24) is 0 Å². The molecule has 0 saturated carbocycles. The minimum absolute atomic E-state index is 0.234. The molecule has 0 aliphatic rings. The molecule has 180 valence electrons. The molecule has 8 aromatic carbocycles. The van der Waals surface area contributed by atoms with E-state index in [0.29, 0.717) is 15.2 Å². The Balaban J connectivity index is 1.74. The summed E-state index contributed by atoms with van der Waals surface area (Å²) in [7, 11) is 0. The largest absolute Gasteiger partial charge is 0.285 e. The predicted molar refractivity (Wildman–Crippen MR) is 175 cm³/mol. The summed E-state index contributed by atoms with van der Waals surface area (Å²) in [4.78, 5) is 26.2. The highest BCUT2D eigenvalue weighted by atomic mass is 79.9. The van der Waals surface area contributed by atoms with Gasteiger partial charge in [0.15, 0.2) is 0 Å². The third kappa shape index (κ3) is 2.77. The van der Waals surface area contributed by atoms with E-state index < -0.39 is 10.9 Å². The van der Waals surface area contributed by atoms with Gasteiger partial charge in [0.1, 0.15) is 0 Å². The van der Waals surface area contributed by atoms with Crippen molar-refractivity contribution >= 4 is 139 Å². The predicted octanol–water partition coefficient (Wildman–Crippen LogP) is 10.4. The summed E-state index contributed by atoms with van der Waals surface area (Å²) >= 11 is 14.5. The molecule has 0 radical (unpaired) electrons. The lowest BCUT2D eigenvalue weighted by atomic mass is 9.86. The highest BCUT2D eigenvalue weighted by Gasteiger charge is 2.23. The standard InChI is InChI=1S/C32H12Br4O2/c33-27-24-19(25-26(28(27)34)29(35)30(36)32(38)31(25)37)11-10-17-20(24)12-14-6-3-8-16-15-7-1-4-13-5-2-9-18(21(13)15)23(17)22(14)16/h1-12H. The van der Waals surface area contributed by atoms with Crippen LogP contribution in [0.15, 0.2) is 100 Å². The van der Waals surface area contributed by atoms with Crippen LogP contribution in [-0.4, -0.2) is 0 Å². The quantitative estimate of drug-likeness (QED) is 0.0880. The third-order valence-corrected chi connectivity index (χ3v) is 12.0. The second-order valence-corrected chi connectivity index (χ2v) is 12.8. The molecule has 0 N–H and O–H groups in total. The SMILES string of the molecule is O=c1c(Br)c(Br)c2c(Br)c(Br)c3c4cc5cccc6c7cccc8cccc(c87)c(c4ccc3c2c1=O)c56. The van der Waals surface area contributed by atoms with E-state index in [4.69, 9.17) is 0 Å². The minimum atomic E-state index is -0.554. The maximum absolute atomic E-state index is 13.4. The highest BCUT2D eigenvalue weighted by Crippen LogP contribution is 2.48. The first-order valence-corrected chi connectivity index (χ1v) is 15.1.